The van der Waals surface area contributed by atoms with Crippen molar-refractivity contribution in [3.8, 4) is 0 Å². The first-order chi connectivity index (χ1) is 4.81. The Balaban J connectivity index is 3.46. The molecule has 0 rings (SSSR count). The van der Waals surface area contributed by atoms with Crippen molar-refractivity contribution in [3.05, 3.63) is 11.9 Å². The summed E-state index contributed by atoms with van der Waals surface area (Å²) in [5, 5.41) is 2.46. The number of ether oxygens (including phenoxy) is 1. The van der Waals surface area contributed by atoms with Gasteiger partial charge in [-0.3, -0.25) is 4.79 Å². The van der Waals surface area contributed by atoms with Crippen LogP contribution in [-0.2, 0) is 14.3 Å². The Morgan fingerprint density at radius 1 is 1.80 bits per heavy atom. The second-order valence-electron chi connectivity index (χ2n) is 1.35. The van der Waals surface area contributed by atoms with Crippen molar-refractivity contribution in [2.45, 2.75) is 0 Å². The third-order valence-electron chi connectivity index (χ3n) is 0.707. The van der Waals surface area contributed by atoms with E-state index >= 15 is 0 Å². The maximum Gasteiger partial charge on any atom is 0.325 e. The molecular formula is C6H7NO3. The summed E-state index contributed by atoms with van der Waals surface area (Å²) in [6.45, 7) is 0.0329. The summed E-state index contributed by atoms with van der Waals surface area (Å²) in [5.41, 5.74) is 2.08. The molecule has 54 valence electrons. The fourth-order valence-electron chi connectivity index (χ4n) is 0.287. The molecule has 1 N–H and O–H groups in total. The Kier molecular flexibility index (Phi) is 4.79. The molecule has 10 heavy (non-hydrogen) atoms. The third kappa shape index (κ3) is 4.65. The van der Waals surface area contributed by atoms with E-state index in [-0.39, 0.29) is 6.54 Å². The Hall–Kier alpha value is -1.50. The number of nitrogens with one attached hydrogen (secondary N) is 1. The lowest BCUT2D eigenvalue weighted by atomic mass is 10.6. The van der Waals surface area contributed by atoms with E-state index in [4.69, 9.17) is 0 Å². The van der Waals surface area contributed by atoms with Crippen LogP contribution >= 0.6 is 0 Å². The zero-order valence-corrected chi connectivity index (χ0v) is 5.51. The van der Waals surface area contributed by atoms with Gasteiger partial charge in [0.2, 0.25) is 0 Å². The number of rotatable bonds is 3. The molecule has 0 heterocycles. The molecule has 4 heteroatoms. The molecule has 0 aromatic rings. The molecule has 0 spiro atoms. The molecule has 0 aliphatic rings. The first kappa shape index (κ1) is 8.50. The summed E-state index contributed by atoms with van der Waals surface area (Å²) in [5.74, 6) is 0.990. The van der Waals surface area contributed by atoms with Gasteiger partial charge in [0.25, 0.3) is 0 Å². The molecule has 0 unspecified atom stereocenters. The van der Waals surface area contributed by atoms with E-state index in [1.807, 2.05) is 0 Å². The van der Waals surface area contributed by atoms with E-state index in [2.05, 4.69) is 15.8 Å². The van der Waals surface area contributed by atoms with Gasteiger partial charge < -0.3 is 10.1 Å². The minimum atomic E-state index is -0.399. The zero-order chi connectivity index (χ0) is 7.82. The number of carbonyl (C=O) groups is 1. The van der Waals surface area contributed by atoms with Crippen molar-refractivity contribution in [2.24, 2.45) is 0 Å². The average molecular weight is 141 g/mol. The molecule has 0 amide bonds. The standard InChI is InChI=1S/C6H7NO3/c1-10-6(9)5-7-3-2-4-8/h3,7H,5H2,1H3. The Morgan fingerprint density at radius 2 is 2.50 bits per heavy atom. The molecule has 0 aromatic heterocycles. The van der Waals surface area contributed by atoms with Crippen LogP contribution in [0.25, 0.3) is 0 Å². The highest BCUT2D eigenvalue weighted by Gasteiger charge is 1.93. The monoisotopic (exact) mass is 141 g/mol. The van der Waals surface area contributed by atoms with Gasteiger partial charge in [0.05, 0.1) is 13.3 Å². The molecule has 0 fully saturated rings. The van der Waals surface area contributed by atoms with Crippen LogP contribution in [-0.4, -0.2) is 25.6 Å². The van der Waals surface area contributed by atoms with E-state index in [0.717, 1.165) is 0 Å². The minimum absolute atomic E-state index is 0.0329. The maximum absolute atomic E-state index is 10.3. The van der Waals surface area contributed by atoms with Gasteiger partial charge >= 0.3 is 5.97 Å². The topological polar surface area (TPSA) is 55.4 Å². The number of methoxy groups -OCH3 is 1. The summed E-state index contributed by atoms with van der Waals surface area (Å²) < 4.78 is 4.28. The lowest BCUT2D eigenvalue weighted by Gasteiger charge is -1.94. The molecule has 0 saturated carbocycles. The second kappa shape index (κ2) is 5.63. The predicted molar refractivity (Wildman–Crippen MR) is 33.8 cm³/mol. The van der Waals surface area contributed by atoms with Gasteiger partial charge in [0.1, 0.15) is 6.54 Å². The predicted octanol–water partition coefficient (Wildman–Crippen LogP) is -0.751. The molecule has 0 saturated heterocycles. The SMILES string of the molecule is COC(=O)CNC=C=C=O. The molecule has 0 aliphatic carbocycles. The fourth-order valence-corrected chi connectivity index (χ4v) is 0.287. The Morgan fingerprint density at radius 3 is 3.00 bits per heavy atom. The quantitative estimate of drug-likeness (QED) is 0.319. The normalized spacial score (nSPS) is 6.90. The van der Waals surface area contributed by atoms with Crippen molar-refractivity contribution in [3.63, 3.8) is 0 Å². The summed E-state index contributed by atoms with van der Waals surface area (Å²) >= 11 is 0. The smallest absolute Gasteiger partial charge is 0.325 e. The lowest BCUT2D eigenvalue weighted by molar-refractivity contribution is -0.139. The highest BCUT2D eigenvalue weighted by atomic mass is 16.5. The van der Waals surface area contributed by atoms with Crippen molar-refractivity contribution >= 4 is 11.9 Å². The van der Waals surface area contributed by atoms with Gasteiger partial charge in [-0.2, -0.15) is 0 Å². The first-order valence-corrected chi connectivity index (χ1v) is 2.56. The summed E-state index contributed by atoms with van der Waals surface area (Å²) in [6.07, 6.45) is 1.20. The molecule has 0 aliphatic heterocycles. The van der Waals surface area contributed by atoms with Crippen molar-refractivity contribution in [1.29, 1.82) is 0 Å². The Labute approximate surface area is 58.2 Å². The van der Waals surface area contributed by atoms with Crippen LogP contribution in [0.5, 0.6) is 0 Å². The van der Waals surface area contributed by atoms with Crippen LogP contribution in [0.4, 0.5) is 0 Å². The van der Waals surface area contributed by atoms with Crippen molar-refractivity contribution in [2.75, 3.05) is 13.7 Å². The second-order valence-corrected chi connectivity index (χ2v) is 1.35. The molecule has 4 nitrogen and oxygen atoms in total. The summed E-state index contributed by atoms with van der Waals surface area (Å²) in [6, 6.07) is 0. The van der Waals surface area contributed by atoms with Crippen LogP contribution < -0.4 is 5.32 Å². The summed E-state index contributed by atoms with van der Waals surface area (Å²) in [4.78, 5) is 19.8. The molecule has 0 radical (unpaired) electrons. The van der Waals surface area contributed by atoms with Gasteiger partial charge in [-0.25, -0.2) is 4.79 Å². The van der Waals surface area contributed by atoms with Gasteiger partial charge in [-0.1, -0.05) is 0 Å². The molecular weight excluding hydrogens is 134 g/mol. The first-order valence-electron chi connectivity index (χ1n) is 2.56. The van der Waals surface area contributed by atoms with Gasteiger partial charge in [-0.05, 0) is 5.73 Å². The van der Waals surface area contributed by atoms with Crippen LogP contribution in [0.15, 0.2) is 11.9 Å². The van der Waals surface area contributed by atoms with Crippen LogP contribution in [0, 0.1) is 0 Å². The maximum atomic E-state index is 10.3. The van der Waals surface area contributed by atoms with Crippen molar-refractivity contribution < 1.29 is 14.3 Å². The number of esters is 1. The molecule has 0 atom stereocenters. The molecule has 0 aromatic carbocycles. The fraction of sp³-hybridized carbons (Fsp3) is 0.333. The van der Waals surface area contributed by atoms with Crippen molar-refractivity contribution in [1.82, 2.24) is 5.32 Å². The van der Waals surface area contributed by atoms with Crippen LogP contribution in [0.3, 0.4) is 0 Å². The highest BCUT2D eigenvalue weighted by Crippen LogP contribution is 1.67. The minimum Gasteiger partial charge on any atom is -0.468 e. The number of hydrogen-bond acceptors (Lipinski definition) is 4. The molecule has 0 bridgehead atoms. The van der Waals surface area contributed by atoms with Gasteiger partial charge in [0.15, 0.2) is 5.94 Å². The largest absolute Gasteiger partial charge is 0.468 e. The van der Waals surface area contributed by atoms with Gasteiger partial charge in [0, 0.05) is 0 Å². The van der Waals surface area contributed by atoms with E-state index < -0.39 is 5.97 Å². The van der Waals surface area contributed by atoms with E-state index in [1.54, 1.807) is 0 Å². The van der Waals surface area contributed by atoms with E-state index in [1.165, 1.54) is 19.3 Å². The number of carbonyl (C=O) groups excluding carboxylic acids is 2. The zero-order valence-electron chi connectivity index (χ0n) is 5.51. The number of hydrogen-bond donors (Lipinski definition) is 1. The highest BCUT2D eigenvalue weighted by molar-refractivity contribution is 5.71. The van der Waals surface area contributed by atoms with Crippen LogP contribution in [0.1, 0.15) is 0 Å². The third-order valence-corrected chi connectivity index (χ3v) is 0.707. The average Bonchev–Trinajstić information content (AvgIpc) is 1.98. The van der Waals surface area contributed by atoms with E-state index in [9.17, 15) is 9.59 Å². The van der Waals surface area contributed by atoms with Gasteiger partial charge in [-0.15, -0.1) is 0 Å². The lowest BCUT2D eigenvalue weighted by Crippen LogP contribution is -2.18. The van der Waals surface area contributed by atoms with E-state index in [0.29, 0.717) is 0 Å². The Bertz CT molecular complexity index is 187. The summed E-state index contributed by atoms with van der Waals surface area (Å²) in [7, 11) is 1.28. The van der Waals surface area contributed by atoms with Crippen LogP contribution in [0.2, 0.25) is 0 Å².